The van der Waals surface area contributed by atoms with Crippen LogP contribution < -0.4 is 5.32 Å². The van der Waals surface area contributed by atoms with Gasteiger partial charge in [0.25, 0.3) is 11.8 Å². The molecule has 0 saturated heterocycles. The molecule has 21 heavy (non-hydrogen) atoms. The maximum absolute atomic E-state index is 11.6. The molecule has 4 heterocycles. The molecule has 0 unspecified atom stereocenters. The van der Waals surface area contributed by atoms with E-state index in [0.29, 0.717) is 10.4 Å². The third-order valence-electron chi connectivity index (χ3n) is 3.07. The first-order valence-corrected chi connectivity index (χ1v) is 9.21. The third kappa shape index (κ3) is 2.20. The Bertz CT molecular complexity index is 858. The fourth-order valence-electron chi connectivity index (χ4n) is 2.13. The van der Waals surface area contributed by atoms with Gasteiger partial charge in [-0.05, 0) is 46.3 Å². The van der Waals surface area contributed by atoms with E-state index in [9.17, 15) is 9.59 Å². The molecule has 0 radical (unpaired) electrons. The summed E-state index contributed by atoms with van der Waals surface area (Å²) in [6.45, 7) is 0. The zero-order valence-electron chi connectivity index (χ0n) is 10.3. The predicted octanol–water partition coefficient (Wildman–Crippen LogP) is 4.85. The average molecular weight is 396 g/mol. The Morgan fingerprint density at radius 1 is 0.810 bits per heavy atom. The van der Waals surface area contributed by atoms with Gasteiger partial charge in [0.15, 0.2) is 0 Å². The van der Waals surface area contributed by atoms with Gasteiger partial charge in [-0.1, -0.05) is 0 Å². The van der Waals surface area contributed by atoms with Crippen molar-refractivity contribution in [2.45, 2.75) is 0 Å². The molecule has 3 aromatic heterocycles. The first kappa shape index (κ1) is 13.4. The molecule has 3 nitrogen and oxygen atoms in total. The molecule has 0 atom stereocenters. The second-order valence-electron chi connectivity index (χ2n) is 4.40. The van der Waals surface area contributed by atoms with Crippen LogP contribution in [0.2, 0.25) is 0 Å². The lowest BCUT2D eigenvalue weighted by atomic mass is 10.2. The number of hydrogen-bond donors (Lipinski definition) is 1. The number of amides is 2. The van der Waals surface area contributed by atoms with Gasteiger partial charge in [-0.2, -0.15) is 0 Å². The van der Waals surface area contributed by atoms with Gasteiger partial charge in [0.2, 0.25) is 0 Å². The van der Waals surface area contributed by atoms with Crippen molar-refractivity contribution >= 4 is 61.8 Å². The van der Waals surface area contributed by atoms with E-state index in [-0.39, 0.29) is 11.8 Å². The summed E-state index contributed by atoms with van der Waals surface area (Å²) in [6, 6.07) is 10.0. The van der Waals surface area contributed by atoms with Crippen molar-refractivity contribution in [1.82, 2.24) is 5.32 Å². The Morgan fingerprint density at radius 3 is 2.14 bits per heavy atom. The minimum absolute atomic E-state index is 0.287. The number of hydrogen-bond acceptors (Lipinski definition) is 5. The summed E-state index contributed by atoms with van der Waals surface area (Å²) >= 11 is 8.19. The smallest absolute Gasteiger partial charge is 0.269 e. The van der Waals surface area contributed by atoms with Crippen molar-refractivity contribution < 1.29 is 9.59 Å². The van der Waals surface area contributed by atoms with Crippen LogP contribution in [0.5, 0.6) is 0 Å². The van der Waals surface area contributed by atoms with Crippen LogP contribution in [0.1, 0.15) is 20.0 Å². The molecule has 0 spiro atoms. The number of carbonyl (C=O) groups excluding carboxylic acids is 2. The standard InChI is InChI=1S/C14H6BrNO2S3/c15-11-4-3-8(20-11)7-1-2-9(19-7)10-5-6-12(21-10)14(18)16-13(6)17/h1-5H,(H,16,17,18). The lowest BCUT2D eigenvalue weighted by Gasteiger charge is -1.92. The highest BCUT2D eigenvalue weighted by atomic mass is 79.9. The SMILES string of the molecule is O=C1NC(=O)c2sc(-c3ccc(-c4ccc(Br)s4)s3)cc21. The zero-order valence-corrected chi connectivity index (χ0v) is 14.3. The summed E-state index contributed by atoms with van der Waals surface area (Å²) < 4.78 is 1.10. The summed E-state index contributed by atoms with van der Waals surface area (Å²) in [4.78, 5) is 28.2. The van der Waals surface area contributed by atoms with Gasteiger partial charge in [-0.25, -0.2) is 0 Å². The fourth-order valence-corrected chi connectivity index (χ4v) is 5.74. The lowest BCUT2D eigenvalue weighted by molar-refractivity contribution is 0.0880. The molecule has 0 aliphatic carbocycles. The Labute approximate surface area is 140 Å². The molecular weight excluding hydrogens is 390 g/mol. The van der Waals surface area contributed by atoms with Crippen LogP contribution in [0.4, 0.5) is 0 Å². The molecule has 2 amide bonds. The summed E-state index contributed by atoms with van der Waals surface area (Å²) in [5.41, 5.74) is 0.494. The molecule has 0 bridgehead atoms. The number of halogens is 1. The highest BCUT2D eigenvalue weighted by Crippen LogP contribution is 2.42. The average Bonchev–Trinajstić information content (AvgIpc) is 3.17. The molecular formula is C14H6BrNO2S3. The summed E-state index contributed by atoms with van der Waals surface area (Å²) in [6.07, 6.45) is 0. The maximum atomic E-state index is 11.6. The van der Waals surface area contributed by atoms with Crippen molar-refractivity contribution in [1.29, 1.82) is 0 Å². The van der Waals surface area contributed by atoms with E-state index in [4.69, 9.17) is 0 Å². The van der Waals surface area contributed by atoms with E-state index in [1.54, 1.807) is 28.7 Å². The summed E-state index contributed by atoms with van der Waals surface area (Å²) in [5.74, 6) is -0.582. The number of nitrogens with one attached hydrogen (secondary N) is 1. The Morgan fingerprint density at radius 2 is 1.48 bits per heavy atom. The van der Waals surface area contributed by atoms with Gasteiger partial charge in [0.1, 0.15) is 4.88 Å². The van der Waals surface area contributed by atoms with Crippen molar-refractivity contribution in [3.8, 4) is 19.5 Å². The quantitative estimate of drug-likeness (QED) is 0.630. The van der Waals surface area contributed by atoms with Gasteiger partial charge in [-0.3, -0.25) is 14.9 Å². The summed E-state index contributed by atoms with van der Waals surface area (Å²) in [5, 5.41) is 2.31. The molecule has 1 N–H and O–H groups in total. The Hall–Kier alpha value is -1.28. The van der Waals surface area contributed by atoms with Gasteiger partial charge in [0, 0.05) is 19.5 Å². The van der Waals surface area contributed by atoms with Gasteiger partial charge >= 0.3 is 0 Å². The van der Waals surface area contributed by atoms with Gasteiger partial charge < -0.3 is 0 Å². The van der Waals surface area contributed by atoms with Crippen molar-refractivity contribution in [2.75, 3.05) is 0 Å². The van der Waals surface area contributed by atoms with E-state index in [1.807, 2.05) is 12.1 Å². The number of rotatable bonds is 2. The maximum Gasteiger partial charge on any atom is 0.269 e. The van der Waals surface area contributed by atoms with E-state index >= 15 is 0 Å². The van der Waals surface area contributed by atoms with E-state index in [1.165, 1.54) is 21.1 Å². The van der Waals surface area contributed by atoms with Crippen molar-refractivity contribution in [2.24, 2.45) is 0 Å². The van der Waals surface area contributed by atoms with Crippen LogP contribution in [0.25, 0.3) is 19.5 Å². The highest BCUT2D eigenvalue weighted by Gasteiger charge is 2.30. The third-order valence-corrected chi connectivity index (χ3v) is 7.31. The fraction of sp³-hybridized carbons (Fsp3) is 0. The number of imide groups is 1. The Kier molecular flexibility index (Phi) is 3.11. The van der Waals surface area contributed by atoms with Gasteiger partial charge in [-0.15, -0.1) is 34.0 Å². The molecule has 7 heteroatoms. The molecule has 4 rings (SSSR count). The van der Waals surface area contributed by atoms with E-state index < -0.39 is 0 Å². The molecule has 1 aliphatic rings. The first-order valence-electron chi connectivity index (χ1n) is 5.97. The monoisotopic (exact) mass is 395 g/mol. The normalized spacial score (nSPS) is 13.6. The lowest BCUT2D eigenvalue weighted by Crippen LogP contribution is -2.20. The first-order chi connectivity index (χ1) is 10.1. The van der Waals surface area contributed by atoms with Crippen LogP contribution in [0.3, 0.4) is 0 Å². The van der Waals surface area contributed by atoms with Crippen molar-refractivity contribution in [3.05, 3.63) is 44.6 Å². The predicted molar refractivity (Wildman–Crippen MR) is 90.4 cm³/mol. The number of thiophene rings is 3. The van der Waals surface area contributed by atoms with Crippen LogP contribution in [0, 0.1) is 0 Å². The van der Waals surface area contributed by atoms with Gasteiger partial charge in [0.05, 0.1) is 9.35 Å². The molecule has 0 aromatic carbocycles. The molecule has 0 saturated carbocycles. The topological polar surface area (TPSA) is 46.2 Å². The largest absolute Gasteiger partial charge is 0.287 e. The van der Waals surface area contributed by atoms with Crippen LogP contribution in [-0.2, 0) is 0 Å². The van der Waals surface area contributed by atoms with Crippen molar-refractivity contribution in [3.63, 3.8) is 0 Å². The molecule has 104 valence electrons. The zero-order chi connectivity index (χ0) is 14.6. The minimum atomic E-state index is -0.295. The number of carbonyl (C=O) groups is 2. The second kappa shape index (κ2) is 4.88. The number of fused-ring (bicyclic) bond motifs is 1. The van der Waals surface area contributed by atoms with Crippen LogP contribution in [0.15, 0.2) is 34.1 Å². The summed E-state index contributed by atoms with van der Waals surface area (Å²) in [7, 11) is 0. The highest BCUT2D eigenvalue weighted by molar-refractivity contribution is 9.11. The Balaban J connectivity index is 1.74. The molecule has 1 aliphatic heterocycles. The molecule has 3 aromatic rings. The van der Waals surface area contributed by atoms with Crippen LogP contribution in [-0.4, -0.2) is 11.8 Å². The molecule has 0 fully saturated rings. The minimum Gasteiger partial charge on any atom is -0.287 e. The second-order valence-corrected chi connectivity index (χ2v) is 9.00. The van der Waals surface area contributed by atoms with Crippen LogP contribution >= 0.6 is 49.9 Å². The van der Waals surface area contributed by atoms with E-state index in [2.05, 4.69) is 33.4 Å². The van der Waals surface area contributed by atoms with E-state index in [0.717, 1.165) is 13.5 Å².